The van der Waals surface area contributed by atoms with Crippen molar-refractivity contribution in [3.8, 4) is 0 Å². The van der Waals surface area contributed by atoms with Gasteiger partial charge in [0.1, 0.15) is 4.21 Å². The van der Waals surface area contributed by atoms with Gasteiger partial charge >= 0.3 is 0 Å². The quantitative estimate of drug-likeness (QED) is 0.844. The Bertz CT molecular complexity index is 617. The molecule has 1 aromatic rings. The van der Waals surface area contributed by atoms with Crippen molar-refractivity contribution in [1.29, 1.82) is 0 Å². The first-order chi connectivity index (χ1) is 9.81. The van der Waals surface area contributed by atoms with Gasteiger partial charge in [0.2, 0.25) is 5.91 Å². The van der Waals surface area contributed by atoms with Crippen molar-refractivity contribution >= 4 is 38.9 Å². The van der Waals surface area contributed by atoms with Gasteiger partial charge in [-0.15, -0.1) is 11.3 Å². The van der Waals surface area contributed by atoms with Crippen LogP contribution in [0, 0.1) is 0 Å². The Morgan fingerprint density at radius 2 is 2.24 bits per heavy atom. The Morgan fingerprint density at radius 1 is 1.52 bits per heavy atom. The van der Waals surface area contributed by atoms with Gasteiger partial charge in [-0.1, -0.05) is 11.6 Å². The molecule has 6 nitrogen and oxygen atoms in total. The first-order valence-electron chi connectivity index (χ1n) is 6.59. The van der Waals surface area contributed by atoms with Gasteiger partial charge in [0, 0.05) is 25.2 Å². The molecule has 0 aliphatic carbocycles. The van der Waals surface area contributed by atoms with Crippen molar-refractivity contribution in [2.45, 2.75) is 30.1 Å². The van der Waals surface area contributed by atoms with Crippen LogP contribution in [0.25, 0.3) is 0 Å². The Balaban J connectivity index is 1.97. The van der Waals surface area contributed by atoms with Crippen molar-refractivity contribution < 1.29 is 13.2 Å². The highest BCUT2D eigenvalue weighted by Gasteiger charge is 2.28. The molecule has 2 N–H and O–H groups in total. The third-order valence-electron chi connectivity index (χ3n) is 3.58. The number of halogens is 1. The maximum Gasteiger partial charge on any atom is 0.250 e. The molecule has 21 heavy (non-hydrogen) atoms. The largest absolute Gasteiger partial charge is 0.336 e. The van der Waals surface area contributed by atoms with E-state index < -0.39 is 10.0 Å². The second kappa shape index (κ2) is 6.62. The van der Waals surface area contributed by atoms with E-state index >= 15 is 0 Å². The average Bonchev–Trinajstić information content (AvgIpc) is 2.87. The van der Waals surface area contributed by atoms with E-state index in [4.69, 9.17) is 11.6 Å². The highest BCUT2D eigenvalue weighted by atomic mass is 35.5. The summed E-state index contributed by atoms with van der Waals surface area (Å²) in [5, 5.41) is 3.27. The molecule has 1 fully saturated rings. The van der Waals surface area contributed by atoms with Crippen LogP contribution in [0.15, 0.2) is 16.3 Å². The fourth-order valence-corrected chi connectivity index (χ4v) is 4.68. The molecular formula is C12H18ClN3O3S2. The van der Waals surface area contributed by atoms with Gasteiger partial charge in [-0.05, 0) is 26.0 Å². The van der Waals surface area contributed by atoms with Crippen LogP contribution in [-0.2, 0) is 14.8 Å². The van der Waals surface area contributed by atoms with Crippen LogP contribution in [0.5, 0.6) is 0 Å². The summed E-state index contributed by atoms with van der Waals surface area (Å²) < 4.78 is 26.9. The van der Waals surface area contributed by atoms with Crippen molar-refractivity contribution in [3.63, 3.8) is 0 Å². The van der Waals surface area contributed by atoms with E-state index in [1.54, 1.807) is 4.90 Å². The summed E-state index contributed by atoms with van der Waals surface area (Å²) >= 11 is 6.69. The molecule has 1 aliphatic rings. The number of nitrogens with zero attached hydrogens (tertiary/aromatic N) is 1. The number of amides is 1. The lowest BCUT2D eigenvalue weighted by molar-refractivity contribution is -0.133. The number of rotatable bonds is 4. The fourth-order valence-electron chi connectivity index (χ4n) is 2.18. The summed E-state index contributed by atoms with van der Waals surface area (Å²) in [6.07, 6.45) is 0. The molecule has 1 aliphatic heterocycles. The van der Waals surface area contributed by atoms with Crippen LogP contribution in [0.2, 0.25) is 4.34 Å². The van der Waals surface area contributed by atoms with Crippen molar-refractivity contribution in [2.24, 2.45) is 0 Å². The predicted octanol–water partition coefficient (Wildman–Crippen LogP) is 0.889. The lowest BCUT2D eigenvalue weighted by atomic mass is 10.1. The molecule has 1 amide bonds. The zero-order chi connectivity index (χ0) is 15.6. The van der Waals surface area contributed by atoms with E-state index in [2.05, 4.69) is 10.0 Å². The highest BCUT2D eigenvalue weighted by Crippen LogP contribution is 2.25. The van der Waals surface area contributed by atoms with E-state index in [9.17, 15) is 13.2 Å². The summed E-state index contributed by atoms with van der Waals surface area (Å²) in [6, 6.07) is 3.17. The van der Waals surface area contributed by atoms with Crippen LogP contribution < -0.4 is 10.0 Å². The molecule has 0 saturated carbocycles. The van der Waals surface area contributed by atoms with Gasteiger partial charge in [-0.25, -0.2) is 13.1 Å². The van der Waals surface area contributed by atoms with E-state index in [0.29, 0.717) is 17.4 Å². The fraction of sp³-hybridized carbons (Fsp3) is 0.583. The minimum absolute atomic E-state index is 0.0342. The first-order valence-corrected chi connectivity index (χ1v) is 9.27. The highest BCUT2D eigenvalue weighted by molar-refractivity contribution is 7.91. The molecule has 2 unspecified atom stereocenters. The van der Waals surface area contributed by atoms with Crippen molar-refractivity contribution in [1.82, 2.24) is 14.9 Å². The molecule has 0 bridgehead atoms. The monoisotopic (exact) mass is 351 g/mol. The molecule has 0 aromatic carbocycles. The summed E-state index contributed by atoms with van der Waals surface area (Å²) in [7, 11) is -3.68. The smallest absolute Gasteiger partial charge is 0.250 e. The predicted molar refractivity (Wildman–Crippen MR) is 83.2 cm³/mol. The van der Waals surface area contributed by atoms with Crippen LogP contribution in [0.1, 0.15) is 13.8 Å². The maximum atomic E-state index is 12.2. The van der Waals surface area contributed by atoms with Crippen LogP contribution >= 0.6 is 22.9 Å². The SMILES string of the molecule is CC1NCCN(C(=O)CNS(=O)(=O)c2ccc(Cl)s2)C1C. The Hall–Kier alpha value is -0.670. The number of carbonyl (C=O) groups is 1. The van der Waals surface area contributed by atoms with Crippen LogP contribution in [0.3, 0.4) is 0 Å². The van der Waals surface area contributed by atoms with Gasteiger partial charge in [0.25, 0.3) is 10.0 Å². The zero-order valence-corrected chi connectivity index (χ0v) is 14.2. The topological polar surface area (TPSA) is 78.5 Å². The molecule has 9 heteroatoms. The van der Waals surface area contributed by atoms with Crippen LogP contribution in [0.4, 0.5) is 0 Å². The van der Waals surface area contributed by atoms with E-state index in [1.165, 1.54) is 12.1 Å². The Labute approximate surface area is 133 Å². The number of piperazine rings is 1. The average molecular weight is 352 g/mol. The standard InChI is InChI=1S/C12H18ClN3O3S2/c1-8-9(2)16(6-5-14-8)11(17)7-15-21(18,19)12-4-3-10(13)20-12/h3-4,8-9,14-15H,5-7H2,1-2H3. The zero-order valence-electron chi connectivity index (χ0n) is 11.8. The van der Waals surface area contributed by atoms with E-state index in [0.717, 1.165) is 11.3 Å². The summed E-state index contributed by atoms with van der Waals surface area (Å²) in [4.78, 5) is 13.9. The van der Waals surface area contributed by atoms with Crippen molar-refractivity contribution in [3.05, 3.63) is 16.5 Å². The number of nitrogens with one attached hydrogen (secondary N) is 2. The Kier molecular flexibility index (Phi) is 5.26. The van der Waals surface area contributed by atoms with E-state index in [1.807, 2.05) is 13.8 Å². The molecule has 2 heterocycles. The molecule has 1 aromatic heterocycles. The maximum absolute atomic E-state index is 12.2. The number of sulfonamides is 1. The van der Waals surface area contributed by atoms with Crippen molar-refractivity contribution in [2.75, 3.05) is 19.6 Å². The summed E-state index contributed by atoms with van der Waals surface area (Å²) in [5.41, 5.74) is 0. The number of hydrogen-bond donors (Lipinski definition) is 2. The lowest BCUT2D eigenvalue weighted by Gasteiger charge is -2.38. The van der Waals surface area contributed by atoms with Gasteiger partial charge < -0.3 is 10.2 Å². The Morgan fingerprint density at radius 3 is 2.86 bits per heavy atom. The number of thiophene rings is 1. The molecule has 0 radical (unpaired) electrons. The number of carbonyl (C=O) groups excluding carboxylic acids is 1. The van der Waals surface area contributed by atoms with Crippen LogP contribution in [-0.4, -0.2) is 50.9 Å². The first kappa shape index (κ1) is 16.7. The minimum Gasteiger partial charge on any atom is -0.336 e. The minimum atomic E-state index is -3.68. The van der Waals surface area contributed by atoms with Gasteiger partial charge in [-0.2, -0.15) is 0 Å². The third kappa shape index (κ3) is 3.95. The molecule has 0 spiro atoms. The van der Waals surface area contributed by atoms with E-state index in [-0.39, 0.29) is 28.7 Å². The molecule has 2 atom stereocenters. The second-order valence-corrected chi connectivity index (χ2v) is 8.66. The molecule has 2 rings (SSSR count). The number of hydrogen-bond acceptors (Lipinski definition) is 5. The summed E-state index contributed by atoms with van der Waals surface area (Å²) in [5.74, 6) is -0.220. The lowest BCUT2D eigenvalue weighted by Crippen LogP contribution is -2.58. The van der Waals surface area contributed by atoms with Gasteiger partial charge in [0.15, 0.2) is 0 Å². The van der Waals surface area contributed by atoms with Gasteiger partial charge in [0.05, 0.1) is 10.9 Å². The van der Waals surface area contributed by atoms with Gasteiger partial charge in [-0.3, -0.25) is 4.79 Å². The molecular weight excluding hydrogens is 334 g/mol. The summed E-state index contributed by atoms with van der Waals surface area (Å²) in [6.45, 7) is 5.00. The molecule has 1 saturated heterocycles. The normalized spacial score (nSPS) is 23.3. The second-order valence-electron chi connectivity index (χ2n) is 4.95. The third-order valence-corrected chi connectivity index (χ3v) is 6.71. The molecule has 118 valence electrons.